The molecule has 1 aliphatic carbocycles. The smallest absolute Gasteiger partial charge is 0.379 e. The third-order valence-corrected chi connectivity index (χ3v) is 3.23. The van der Waals surface area contributed by atoms with E-state index < -0.39 is 35.7 Å². The molecule has 0 heterocycles. The molecule has 3 nitrogen and oxygen atoms in total. The Bertz CT molecular complexity index is 430. The molecule has 1 saturated carbocycles. The maximum absolute atomic E-state index is 12.9. The first-order valence-corrected chi connectivity index (χ1v) is 4.53. The number of hydrogen-bond acceptors (Lipinski definition) is 3. The van der Waals surface area contributed by atoms with E-state index in [1.54, 1.807) is 0 Å². The van der Waals surface area contributed by atoms with E-state index in [9.17, 15) is 26.3 Å². The van der Waals surface area contributed by atoms with Gasteiger partial charge in [0.05, 0.1) is 18.2 Å². The molecular formula is C9H6F6N2O. The first-order chi connectivity index (χ1) is 8.04. The second-order valence-corrected chi connectivity index (χ2v) is 3.86. The van der Waals surface area contributed by atoms with Gasteiger partial charge >= 0.3 is 12.4 Å². The molecular weight excluding hydrogens is 266 g/mol. The summed E-state index contributed by atoms with van der Waals surface area (Å²) in [5.74, 6) is 0. The fourth-order valence-electron chi connectivity index (χ4n) is 2.19. The van der Waals surface area contributed by atoms with E-state index in [-0.39, 0.29) is 0 Å². The summed E-state index contributed by atoms with van der Waals surface area (Å²) >= 11 is 0. The number of rotatable bonds is 1. The Morgan fingerprint density at radius 2 is 1.56 bits per heavy atom. The van der Waals surface area contributed by atoms with Crippen molar-refractivity contribution in [3.05, 3.63) is 0 Å². The van der Waals surface area contributed by atoms with Gasteiger partial charge in [-0.3, -0.25) is 0 Å². The van der Waals surface area contributed by atoms with Crippen LogP contribution >= 0.6 is 0 Å². The van der Waals surface area contributed by atoms with Gasteiger partial charge in [-0.1, -0.05) is 0 Å². The molecule has 3 atom stereocenters. The molecule has 1 fully saturated rings. The largest absolute Gasteiger partial charge is 0.411 e. The zero-order valence-electron chi connectivity index (χ0n) is 8.85. The van der Waals surface area contributed by atoms with Crippen LogP contribution in [0.5, 0.6) is 0 Å². The lowest BCUT2D eigenvalue weighted by Gasteiger charge is -2.55. The van der Waals surface area contributed by atoms with E-state index in [1.165, 1.54) is 0 Å². The van der Waals surface area contributed by atoms with E-state index in [2.05, 4.69) is 4.74 Å². The summed E-state index contributed by atoms with van der Waals surface area (Å²) in [5.41, 5.74) is -7.67. The molecule has 18 heavy (non-hydrogen) atoms. The van der Waals surface area contributed by atoms with Crippen molar-refractivity contribution < 1.29 is 31.1 Å². The van der Waals surface area contributed by atoms with Crippen molar-refractivity contribution in [1.29, 1.82) is 10.5 Å². The molecule has 0 aliphatic heterocycles. The minimum absolute atomic E-state index is 0.612. The minimum Gasteiger partial charge on any atom is -0.379 e. The van der Waals surface area contributed by atoms with Crippen molar-refractivity contribution in [1.82, 2.24) is 0 Å². The number of methoxy groups -OCH3 is 1. The predicted molar refractivity (Wildman–Crippen MR) is 43.6 cm³/mol. The van der Waals surface area contributed by atoms with Gasteiger partial charge in [0.25, 0.3) is 0 Å². The second kappa shape index (κ2) is 3.75. The van der Waals surface area contributed by atoms with Crippen LogP contribution in [0.2, 0.25) is 0 Å². The van der Waals surface area contributed by atoms with Crippen LogP contribution < -0.4 is 0 Å². The lowest BCUT2D eigenvalue weighted by molar-refractivity contribution is -0.378. The molecule has 1 rings (SSSR count). The van der Waals surface area contributed by atoms with Crippen molar-refractivity contribution in [3.63, 3.8) is 0 Å². The molecule has 0 bridgehead atoms. The first kappa shape index (κ1) is 14.6. The number of halogens is 6. The highest BCUT2D eigenvalue weighted by atomic mass is 19.4. The highest BCUT2D eigenvalue weighted by molar-refractivity contribution is 5.34. The number of hydrogen-bond donors (Lipinski definition) is 0. The molecule has 0 spiro atoms. The van der Waals surface area contributed by atoms with Crippen LogP contribution in [-0.2, 0) is 4.74 Å². The molecule has 0 aromatic carbocycles. The van der Waals surface area contributed by atoms with E-state index in [0.717, 1.165) is 7.11 Å². The molecule has 0 N–H and O–H groups in total. The number of alkyl halides is 6. The van der Waals surface area contributed by atoms with Gasteiger partial charge in [0, 0.05) is 13.5 Å². The first-order valence-electron chi connectivity index (χ1n) is 4.53. The van der Waals surface area contributed by atoms with Gasteiger partial charge in [-0.25, -0.2) is 0 Å². The van der Waals surface area contributed by atoms with Crippen molar-refractivity contribution >= 4 is 0 Å². The molecule has 0 amide bonds. The van der Waals surface area contributed by atoms with Crippen LogP contribution in [-0.4, -0.2) is 25.6 Å². The molecule has 9 heteroatoms. The summed E-state index contributed by atoms with van der Waals surface area (Å²) in [7, 11) is 0.764. The average molecular weight is 272 g/mol. The number of ether oxygens (including phenoxy) is 1. The normalized spacial score (nSPS) is 36.4. The van der Waals surface area contributed by atoms with Gasteiger partial charge in [-0.05, 0) is 0 Å². The summed E-state index contributed by atoms with van der Waals surface area (Å²) < 4.78 is 81.1. The lowest BCUT2D eigenvalue weighted by Crippen LogP contribution is -2.72. The molecule has 0 aromatic rings. The van der Waals surface area contributed by atoms with Crippen molar-refractivity contribution in [2.75, 3.05) is 7.11 Å². The lowest BCUT2D eigenvalue weighted by atomic mass is 9.47. The second-order valence-electron chi connectivity index (χ2n) is 3.86. The Kier molecular flexibility index (Phi) is 3.04. The van der Waals surface area contributed by atoms with Gasteiger partial charge in [0.1, 0.15) is 0 Å². The SMILES string of the molecule is CO[C@H]1C[C@](C#N)(C(F)(F)F)[C@]1(C#N)C(F)(F)F. The fraction of sp³-hybridized carbons (Fsp3) is 0.778. The highest BCUT2D eigenvalue weighted by Crippen LogP contribution is 2.70. The monoisotopic (exact) mass is 272 g/mol. The van der Waals surface area contributed by atoms with Crippen LogP contribution in [0.4, 0.5) is 26.3 Å². The highest BCUT2D eigenvalue weighted by Gasteiger charge is 2.87. The van der Waals surface area contributed by atoms with Gasteiger partial charge in [-0.15, -0.1) is 0 Å². The molecule has 0 unspecified atom stereocenters. The third-order valence-electron chi connectivity index (χ3n) is 3.23. The minimum atomic E-state index is -5.52. The van der Waals surface area contributed by atoms with E-state index in [0.29, 0.717) is 12.1 Å². The van der Waals surface area contributed by atoms with Gasteiger partial charge in [0.15, 0.2) is 5.41 Å². The third kappa shape index (κ3) is 1.34. The maximum atomic E-state index is 12.9. The summed E-state index contributed by atoms with van der Waals surface area (Å²) in [5, 5.41) is 17.1. The van der Waals surface area contributed by atoms with Crippen LogP contribution in [0.3, 0.4) is 0 Å². The quantitative estimate of drug-likeness (QED) is 0.689. The van der Waals surface area contributed by atoms with Crippen molar-refractivity contribution in [3.8, 4) is 12.1 Å². The molecule has 0 saturated heterocycles. The Morgan fingerprint density at radius 3 is 1.78 bits per heavy atom. The fourth-order valence-corrected chi connectivity index (χ4v) is 2.19. The maximum Gasteiger partial charge on any atom is 0.411 e. The topological polar surface area (TPSA) is 56.8 Å². The molecule has 0 radical (unpaired) electrons. The standard InChI is InChI=1S/C9H6F6N2O/c1-18-5-2-6(3-16,8(10,11)12)7(5,4-17)9(13,14)15/h5H,2H2,1H3/t5-,6+,7+/m0/s1. The van der Waals surface area contributed by atoms with Crippen LogP contribution in [0.1, 0.15) is 6.42 Å². The predicted octanol–water partition coefficient (Wildman–Crippen LogP) is 2.55. The molecule has 1 aliphatic rings. The Labute approximate surface area is 97.5 Å². The van der Waals surface area contributed by atoms with Gasteiger partial charge in [-0.2, -0.15) is 36.9 Å². The van der Waals surface area contributed by atoms with Crippen LogP contribution in [0, 0.1) is 33.5 Å². The van der Waals surface area contributed by atoms with E-state index in [4.69, 9.17) is 10.5 Å². The van der Waals surface area contributed by atoms with Crippen LogP contribution in [0.15, 0.2) is 0 Å². The van der Waals surface area contributed by atoms with Crippen LogP contribution in [0.25, 0.3) is 0 Å². The average Bonchev–Trinajstić information content (AvgIpc) is 2.14. The zero-order valence-corrected chi connectivity index (χ0v) is 8.85. The van der Waals surface area contributed by atoms with Gasteiger partial charge in [0.2, 0.25) is 5.41 Å². The zero-order chi connectivity index (χ0) is 14.4. The van der Waals surface area contributed by atoms with E-state index in [1.807, 2.05) is 0 Å². The van der Waals surface area contributed by atoms with Gasteiger partial charge < -0.3 is 4.74 Å². The summed E-state index contributed by atoms with van der Waals surface area (Å²) in [6.07, 6.45) is -14.2. The van der Waals surface area contributed by atoms with Crippen molar-refractivity contribution in [2.24, 2.45) is 10.8 Å². The Morgan fingerprint density at radius 1 is 1.06 bits per heavy atom. The number of nitriles is 2. The Balaban J connectivity index is 3.52. The van der Waals surface area contributed by atoms with E-state index >= 15 is 0 Å². The summed E-state index contributed by atoms with van der Waals surface area (Å²) in [4.78, 5) is 0. The summed E-state index contributed by atoms with van der Waals surface area (Å²) in [6.45, 7) is 0. The number of nitrogens with zero attached hydrogens (tertiary/aromatic N) is 2. The molecule has 100 valence electrons. The van der Waals surface area contributed by atoms with Crippen molar-refractivity contribution in [2.45, 2.75) is 24.9 Å². The molecule has 0 aromatic heterocycles. The Hall–Kier alpha value is -1.48. The summed E-state index contributed by atoms with van der Waals surface area (Å²) in [6, 6.07) is 1.23.